The van der Waals surface area contributed by atoms with Crippen molar-refractivity contribution in [3.05, 3.63) is 0 Å². The molecule has 2 rings (SSSR count). The third-order valence-electron chi connectivity index (χ3n) is 5.46. The number of nitrogens with one attached hydrogen (secondary N) is 2. The number of rotatable bonds is 3. The van der Waals surface area contributed by atoms with E-state index in [2.05, 4.69) is 38.3 Å². The van der Waals surface area contributed by atoms with Gasteiger partial charge in [-0.15, -0.1) is 0 Å². The van der Waals surface area contributed by atoms with Crippen molar-refractivity contribution in [3.8, 4) is 0 Å². The minimum Gasteiger partial charge on any atom is -0.351 e. The van der Waals surface area contributed by atoms with Gasteiger partial charge in [0.05, 0.1) is 5.54 Å². The topological polar surface area (TPSA) is 41.1 Å². The zero-order valence-corrected chi connectivity index (χ0v) is 13.7. The Morgan fingerprint density at radius 1 is 1.30 bits per heavy atom. The van der Waals surface area contributed by atoms with Crippen LogP contribution < -0.4 is 10.6 Å². The molecule has 1 heterocycles. The molecule has 0 aromatic carbocycles. The second-order valence-corrected chi connectivity index (χ2v) is 7.62. The van der Waals surface area contributed by atoms with Gasteiger partial charge in [-0.1, -0.05) is 27.2 Å². The molecule has 116 valence electrons. The van der Waals surface area contributed by atoms with Crippen molar-refractivity contribution >= 4 is 5.91 Å². The van der Waals surface area contributed by atoms with Crippen LogP contribution >= 0.6 is 0 Å². The van der Waals surface area contributed by atoms with Gasteiger partial charge >= 0.3 is 0 Å². The Balaban J connectivity index is 2.00. The summed E-state index contributed by atoms with van der Waals surface area (Å²) in [7, 11) is 0. The average Bonchev–Trinajstić information content (AvgIpc) is 2.39. The van der Waals surface area contributed by atoms with E-state index in [0.29, 0.717) is 17.9 Å². The number of piperidine rings is 1. The third kappa shape index (κ3) is 3.55. The second-order valence-electron chi connectivity index (χ2n) is 7.62. The molecule has 2 fully saturated rings. The Labute approximate surface area is 124 Å². The summed E-state index contributed by atoms with van der Waals surface area (Å²) in [4.78, 5) is 12.7. The lowest BCUT2D eigenvalue weighted by molar-refractivity contribution is -0.129. The molecule has 0 aromatic rings. The summed E-state index contributed by atoms with van der Waals surface area (Å²) in [5.41, 5.74) is -0.347. The Hall–Kier alpha value is -0.570. The quantitative estimate of drug-likeness (QED) is 0.834. The first-order chi connectivity index (χ1) is 9.42. The minimum atomic E-state index is -0.347. The molecule has 0 radical (unpaired) electrons. The highest BCUT2D eigenvalue weighted by Crippen LogP contribution is 2.34. The highest BCUT2D eigenvalue weighted by Gasteiger charge is 2.38. The lowest BCUT2D eigenvalue weighted by Crippen LogP contribution is -2.60. The molecule has 4 unspecified atom stereocenters. The standard InChI is InChI=1S/C17H32N2O/c1-12(2)14-8-7-13(3)11-15(14)19-16(20)17(4)9-5-6-10-18-17/h12-15,18H,5-11H2,1-4H3,(H,19,20). The van der Waals surface area contributed by atoms with E-state index in [4.69, 9.17) is 0 Å². The van der Waals surface area contributed by atoms with Gasteiger partial charge in [-0.3, -0.25) is 4.79 Å². The maximum Gasteiger partial charge on any atom is 0.240 e. The van der Waals surface area contributed by atoms with Gasteiger partial charge in [-0.05, 0) is 63.3 Å². The molecule has 2 aliphatic rings. The molecule has 1 saturated heterocycles. The van der Waals surface area contributed by atoms with Gasteiger partial charge in [0.1, 0.15) is 0 Å². The Bertz CT molecular complexity index is 334. The molecule has 3 nitrogen and oxygen atoms in total. The van der Waals surface area contributed by atoms with Crippen LogP contribution in [0.5, 0.6) is 0 Å². The van der Waals surface area contributed by atoms with Crippen molar-refractivity contribution in [2.45, 2.75) is 77.8 Å². The highest BCUT2D eigenvalue weighted by molar-refractivity contribution is 5.86. The Morgan fingerprint density at radius 3 is 2.65 bits per heavy atom. The summed E-state index contributed by atoms with van der Waals surface area (Å²) in [6.45, 7) is 9.94. The van der Waals surface area contributed by atoms with E-state index in [1.807, 2.05) is 0 Å². The van der Waals surface area contributed by atoms with Crippen LogP contribution in [-0.2, 0) is 4.79 Å². The summed E-state index contributed by atoms with van der Waals surface area (Å²) in [6, 6.07) is 0.367. The van der Waals surface area contributed by atoms with Crippen molar-refractivity contribution in [1.29, 1.82) is 0 Å². The van der Waals surface area contributed by atoms with Crippen LogP contribution in [0.2, 0.25) is 0 Å². The van der Waals surface area contributed by atoms with E-state index in [9.17, 15) is 4.79 Å². The summed E-state index contributed by atoms with van der Waals surface area (Å²) in [5.74, 6) is 2.26. The molecular formula is C17H32N2O. The second kappa shape index (κ2) is 6.46. The highest BCUT2D eigenvalue weighted by atomic mass is 16.2. The van der Waals surface area contributed by atoms with Crippen LogP contribution in [0.15, 0.2) is 0 Å². The molecule has 0 bridgehead atoms. The van der Waals surface area contributed by atoms with Crippen LogP contribution in [0.25, 0.3) is 0 Å². The Morgan fingerprint density at radius 2 is 2.05 bits per heavy atom. The van der Waals surface area contributed by atoms with Crippen molar-refractivity contribution in [1.82, 2.24) is 10.6 Å². The van der Waals surface area contributed by atoms with Crippen LogP contribution in [0, 0.1) is 17.8 Å². The van der Waals surface area contributed by atoms with Crippen molar-refractivity contribution in [2.75, 3.05) is 6.54 Å². The largest absolute Gasteiger partial charge is 0.351 e. The SMILES string of the molecule is CC1CCC(C(C)C)C(NC(=O)C2(C)CCCCN2)C1. The minimum absolute atomic E-state index is 0.224. The molecule has 1 aliphatic carbocycles. The molecule has 4 atom stereocenters. The predicted molar refractivity (Wildman–Crippen MR) is 83.5 cm³/mol. The van der Waals surface area contributed by atoms with Gasteiger partial charge in [0.15, 0.2) is 0 Å². The van der Waals surface area contributed by atoms with Gasteiger partial charge in [-0.25, -0.2) is 0 Å². The number of hydrogen-bond acceptors (Lipinski definition) is 2. The first kappa shape index (κ1) is 15.8. The molecule has 1 amide bonds. The summed E-state index contributed by atoms with van der Waals surface area (Å²) in [5, 5.41) is 6.82. The number of amides is 1. The molecule has 0 aromatic heterocycles. The fourth-order valence-corrected chi connectivity index (χ4v) is 3.95. The van der Waals surface area contributed by atoms with Crippen molar-refractivity contribution in [2.24, 2.45) is 17.8 Å². The number of carbonyl (C=O) groups excluding carboxylic acids is 1. The van der Waals surface area contributed by atoms with Gasteiger partial charge in [0.2, 0.25) is 5.91 Å². The molecule has 0 spiro atoms. The smallest absolute Gasteiger partial charge is 0.240 e. The normalized spacial score (nSPS) is 38.8. The van der Waals surface area contributed by atoms with Crippen LogP contribution in [0.1, 0.15) is 66.2 Å². The van der Waals surface area contributed by atoms with Crippen LogP contribution in [0.4, 0.5) is 0 Å². The lowest BCUT2D eigenvalue weighted by atomic mass is 9.73. The molecule has 1 aliphatic heterocycles. The van der Waals surface area contributed by atoms with E-state index in [1.54, 1.807) is 0 Å². The van der Waals surface area contributed by atoms with Crippen molar-refractivity contribution < 1.29 is 4.79 Å². The van der Waals surface area contributed by atoms with E-state index >= 15 is 0 Å². The van der Waals surface area contributed by atoms with E-state index < -0.39 is 0 Å². The van der Waals surface area contributed by atoms with Gasteiger partial charge in [0, 0.05) is 6.04 Å². The van der Waals surface area contributed by atoms with E-state index in [-0.39, 0.29) is 11.4 Å². The molecular weight excluding hydrogens is 248 g/mol. The molecule has 2 N–H and O–H groups in total. The zero-order chi connectivity index (χ0) is 14.8. The maximum atomic E-state index is 12.7. The Kier molecular flexibility index (Phi) is 5.11. The monoisotopic (exact) mass is 280 g/mol. The summed E-state index contributed by atoms with van der Waals surface area (Å²) >= 11 is 0. The lowest BCUT2D eigenvalue weighted by Gasteiger charge is -2.41. The number of hydrogen-bond donors (Lipinski definition) is 2. The predicted octanol–water partition coefficient (Wildman–Crippen LogP) is 3.10. The summed E-state index contributed by atoms with van der Waals surface area (Å²) in [6.07, 6.45) is 7.03. The fraction of sp³-hybridized carbons (Fsp3) is 0.941. The average molecular weight is 280 g/mol. The fourth-order valence-electron chi connectivity index (χ4n) is 3.95. The molecule has 20 heavy (non-hydrogen) atoms. The van der Waals surface area contributed by atoms with Gasteiger partial charge < -0.3 is 10.6 Å². The van der Waals surface area contributed by atoms with E-state index in [1.165, 1.54) is 19.3 Å². The first-order valence-corrected chi connectivity index (χ1v) is 8.48. The maximum absolute atomic E-state index is 12.7. The number of carbonyl (C=O) groups is 1. The van der Waals surface area contributed by atoms with Gasteiger partial charge in [-0.2, -0.15) is 0 Å². The van der Waals surface area contributed by atoms with E-state index in [0.717, 1.165) is 31.7 Å². The third-order valence-corrected chi connectivity index (χ3v) is 5.46. The van der Waals surface area contributed by atoms with Gasteiger partial charge in [0.25, 0.3) is 0 Å². The van der Waals surface area contributed by atoms with Crippen LogP contribution in [-0.4, -0.2) is 24.0 Å². The molecule has 3 heteroatoms. The van der Waals surface area contributed by atoms with Crippen molar-refractivity contribution in [3.63, 3.8) is 0 Å². The summed E-state index contributed by atoms with van der Waals surface area (Å²) < 4.78 is 0. The first-order valence-electron chi connectivity index (χ1n) is 8.48. The zero-order valence-electron chi connectivity index (χ0n) is 13.7. The van der Waals surface area contributed by atoms with Crippen LogP contribution in [0.3, 0.4) is 0 Å². The molecule has 1 saturated carbocycles.